The van der Waals surface area contributed by atoms with Crippen molar-refractivity contribution in [3.63, 3.8) is 0 Å². The van der Waals surface area contributed by atoms with Crippen LogP contribution >= 0.6 is 22.6 Å². The molecule has 31 heavy (non-hydrogen) atoms. The van der Waals surface area contributed by atoms with Gasteiger partial charge in [0, 0.05) is 5.92 Å². The van der Waals surface area contributed by atoms with Gasteiger partial charge in [0.15, 0.2) is 8.32 Å². The van der Waals surface area contributed by atoms with E-state index in [1.165, 1.54) is 0 Å². The molecular weight excluding hydrogens is 527 g/mol. The SMILES string of the molecule is C/C(=C\I)[C@H]1OC(=O)C[C@H](O[Si](C)(C)C(C)(C)C)CC[C@H](C)[C@@H](OC(=O)O)/C=C\[C@@H]1C. The minimum absolute atomic E-state index is 0.0154. The molecule has 0 unspecified atom stereocenters. The van der Waals surface area contributed by atoms with Crippen LogP contribution in [0.5, 0.6) is 0 Å². The number of esters is 1. The molecule has 1 heterocycles. The van der Waals surface area contributed by atoms with Gasteiger partial charge in [0.05, 0.1) is 12.5 Å². The summed E-state index contributed by atoms with van der Waals surface area (Å²) >= 11 is 2.14. The average Bonchev–Trinajstić information content (AvgIpc) is 2.64. The number of rotatable bonds is 4. The van der Waals surface area contributed by atoms with E-state index in [4.69, 9.17) is 13.9 Å². The number of carboxylic acid groups (broad SMARTS) is 1. The van der Waals surface area contributed by atoms with Gasteiger partial charge in [-0.05, 0) is 59.5 Å². The third-order valence-electron chi connectivity index (χ3n) is 6.36. The van der Waals surface area contributed by atoms with Gasteiger partial charge >= 0.3 is 12.1 Å². The highest BCUT2D eigenvalue weighted by atomic mass is 127. The van der Waals surface area contributed by atoms with Gasteiger partial charge < -0.3 is 19.0 Å². The zero-order valence-corrected chi connectivity index (χ0v) is 23.3. The number of carbonyl (C=O) groups excluding carboxylic acids is 1. The summed E-state index contributed by atoms with van der Waals surface area (Å²) in [6.45, 7) is 16.7. The monoisotopic (exact) mass is 566 g/mol. The highest BCUT2D eigenvalue weighted by Gasteiger charge is 2.40. The molecule has 0 bridgehead atoms. The van der Waals surface area contributed by atoms with Gasteiger partial charge in [-0.3, -0.25) is 4.79 Å². The van der Waals surface area contributed by atoms with Crippen molar-refractivity contribution in [2.45, 2.75) is 97.2 Å². The predicted molar refractivity (Wildman–Crippen MR) is 134 cm³/mol. The lowest BCUT2D eigenvalue weighted by Crippen LogP contribution is -2.45. The van der Waals surface area contributed by atoms with Crippen LogP contribution in [0, 0.1) is 11.8 Å². The molecule has 0 saturated carbocycles. The van der Waals surface area contributed by atoms with Crippen molar-refractivity contribution in [3.05, 3.63) is 21.8 Å². The second-order valence-electron chi connectivity index (χ2n) is 10.1. The smallest absolute Gasteiger partial charge is 0.457 e. The highest BCUT2D eigenvalue weighted by molar-refractivity contribution is 14.1. The number of ether oxygens (including phenoxy) is 2. The Morgan fingerprint density at radius 1 is 1.26 bits per heavy atom. The summed E-state index contributed by atoms with van der Waals surface area (Å²) in [5.41, 5.74) is 0.939. The molecule has 1 rings (SSSR count). The van der Waals surface area contributed by atoms with Gasteiger partial charge in [0.2, 0.25) is 0 Å². The van der Waals surface area contributed by atoms with E-state index in [0.29, 0.717) is 12.8 Å². The molecule has 1 aliphatic heterocycles. The standard InChI is InChI=1S/C23H39IO6Si/c1-15-9-11-18(30-31(7,8)23(4,5)6)13-20(25)29-21(17(3)14-24)16(2)10-12-19(15)28-22(26)27/h10,12,14-16,18-19,21H,9,11,13H2,1-8H3,(H,26,27)/b12-10-,17-14+/t15-,16-,18+,19-,21-/m0/s1. The van der Waals surface area contributed by atoms with E-state index in [2.05, 4.69) is 56.5 Å². The van der Waals surface area contributed by atoms with Gasteiger partial charge in [0.25, 0.3) is 0 Å². The molecular formula is C23H39IO6Si. The fourth-order valence-electron chi connectivity index (χ4n) is 3.31. The first-order chi connectivity index (χ1) is 14.2. The number of hydrogen-bond donors (Lipinski definition) is 1. The Kier molecular flexibility index (Phi) is 10.7. The summed E-state index contributed by atoms with van der Waals surface area (Å²) in [5, 5.41) is 9.21. The fraction of sp³-hybridized carbons (Fsp3) is 0.739. The Morgan fingerprint density at radius 3 is 2.39 bits per heavy atom. The summed E-state index contributed by atoms with van der Waals surface area (Å²) in [7, 11) is -2.10. The van der Waals surface area contributed by atoms with Crippen molar-refractivity contribution in [2.75, 3.05) is 0 Å². The van der Waals surface area contributed by atoms with Gasteiger partial charge in [-0.15, -0.1) is 0 Å². The molecule has 0 spiro atoms. The molecule has 0 fully saturated rings. The van der Waals surface area contributed by atoms with Crippen LogP contribution in [0.2, 0.25) is 18.1 Å². The largest absolute Gasteiger partial charge is 0.506 e. The first-order valence-electron chi connectivity index (χ1n) is 10.9. The highest BCUT2D eigenvalue weighted by Crippen LogP contribution is 2.38. The Morgan fingerprint density at radius 2 is 1.87 bits per heavy atom. The van der Waals surface area contributed by atoms with E-state index in [1.54, 1.807) is 6.08 Å². The fourth-order valence-corrected chi connectivity index (χ4v) is 5.05. The Bertz CT molecular complexity index is 682. The van der Waals surface area contributed by atoms with E-state index in [1.807, 2.05) is 30.9 Å². The van der Waals surface area contributed by atoms with E-state index in [0.717, 1.165) is 5.57 Å². The third kappa shape index (κ3) is 8.88. The van der Waals surface area contributed by atoms with Crippen LogP contribution in [-0.2, 0) is 18.7 Å². The number of cyclic esters (lactones) is 1. The molecule has 0 aliphatic carbocycles. The quantitative estimate of drug-likeness (QED) is 0.177. The lowest BCUT2D eigenvalue weighted by Gasteiger charge is -2.39. The molecule has 0 radical (unpaired) electrons. The van der Waals surface area contributed by atoms with Crippen molar-refractivity contribution >= 4 is 43.0 Å². The number of carbonyl (C=O) groups is 2. The number of halogens is 1. The predicted octanol–water partition coefficient (Wildman–Crippen LogP) is 6.70. The number of hydrogen-bond acceptors (Lipinski definition) is 5. The van der Waals surface area contributed by atoms with Crippen LogP contribution in [0.15, 0.2) is 21.8 Å². The molecule has 6 nitrogen and oxygen atoms in total. The third-order valence-corrected chi connectivity index (χ3v) is 11.9. The van der Waals surface area contributed by atoms with E-state index < -0.39 is 26.7 Å². The van der Waals surface area contributed by atoms with Gasteiger partial charge in [-0.2, -0.15) is 0 Å². The maximum Gasteiger partial charge on any atom is 0.506 e. The minimum Gasteiger partial charge on any atom is -0.457 e. The van der Waals surface area contributed by atoms with Crippen molar-refractivity contribution in [2.24, 2.45) is 11.8 Å². The molecule has 8 heteroatoms. The van der Waals surface area contributed by atoms with Gasteiger partial charge in [0.1, 0.15) is 12.2 Å². The topological polar surface area (TPSA) is 82.1 Å². The van der Waals surface area contributed by atoms with Crippen LogP contribution in [-0.4, -0.2) is 43.9 Å². The van der Waals surface area contributed by atoms with Crippen LogP contribution in [0.25, 0.3) is 0 Å². The second kappa shape index (κ2) is 11.8. The van der Waals surface area contributed by atoms with Crippen molar-refractivity contribution in [1.82, 2.24) is 0 Å². The van der Waals surface area contributed by atoms with Crippen molar-refractivity contribution in [3.8, 4) is 0 Å². The molecule has 0 amide bonds. The first-order valence-corrected chi connectivity index (χ1v) is 15.1. The molecule has 5 atom stereocenters. The van der Waals surface area contributed by atoms with E-state index in [-0.39, 0.29) is 35.4 Å². The summed E-state index contributed by atoms with van der Waals surface area (Å²) in [6, 6.07) is 0. The molecule has 0 aromatic carbocycles. The maximum absolute atomic E-state index is 12.9. The summed E-state index contributed by atoms with van der Waals surface area (Å²) < 4.78 is 19.5. The Labute approximate surface area is 202 Å². The van der Waals surface area contributed by atoms with Crippen LogP contribution in [0.1, 0.15) is 60.8 Å². The maximum atomic E-state index is 12.9. The summed E-state index contributed by atoms with van der Waals surface area (Å²) in [4.78, 5) is 24.1. The molecule has 1 aliphatic rings. The lowest BCUT2D eigenvalue weighted by atomic mass is 9.92. The van der Waals surface area contributed by atoms with Crippen LogP contribution < -0.4 is 0 Å². The summed E-state index contributed by atoms with van der Waals surface area (Å²) in [5.74, 6) is -0.431. The summed E-state index contributed by atoms with van der Waals surface area (Å²) in [6.07, 6.45) is 2.63. The Balaban J connectivity index is 3.26. The van der Waals surface area contributed by atoms with Gasteiger partial charge in [-0.25, -0.2) is 4.79 Å². The second-order valence-corrected chi connectivity index (χ2v) is 15.5. The molecule has 0 aromatic rings. The van der Waals surface area contributed by atoms with Crippen LogP contribution in [0.3, 0.4) is 0 Å². The van der Waals surface area contributed by atoms with Crippen molar-refractivity contribution in [1.29, 1.82) is 0 Å². The zero-order chi connectivity index (χ0) is 24.0. The first kappa shape index (κ1) is 28.2. The normalized spacial score (nSPS) is 30.5. The lowest BCUT2D eigenvalue weighted by molar-refractivity contribution is -0.150. The zero-order valence-electron chi connectivity index (χ0n) is 20.1. The minimum atomic E-state index is -2.10. The van der Waals surface area contributed by atoms with Crippen LogP contribution in [0.4, 0.5) is 4.79 Å². The van der Waals surface area contributed by atoms with Crippen molar-refractivity contribution < 1.29 is 28.6 Å². The van der Waals surface area contributed by atoms with E-state index >= 15 is 0 Å². The Hall–Kier alpha value is -0.873. The van der Waals surface area contributed by atoms with Gasteiger partial charge in [-0.1, -0.05) is 63.3 Å². The van der Waals surface area contributed by atoms with E-state index in [9.17, 15) is 14.7 Å². The molecule has 0 saturated heterocycles. The molecule has 1 N–H and O–H groups in total. The average molecular weight is 567 g/mol. The molecule has 0 aromatic heterocycles. The molecule has 178 valence electrons.